The van der Waals surface area contributed by atoms with Crippen LogP contribution in [0.3, 0.4) is 0 Å². The van der Waals surface area contributed by atoms with E-state index in [4.69, 9.17) is 21.1 Å². The van der Waals surface area contributed by atoms with Crippen LogP contribution in [-0.2, 0) is 9.47 Å². The normalized spacial score (nSPS) is 21.6. The van der Waals surface area contributed by atoms with Crippen LogP contribution in [0.5, 0.6) is 0 Å². The maximum Gasteiger partial charge on any atom is 0.410 e. The Morgan fingerprint density at radius 2 is 2.04 bits per heavy atom. The van der Waals surface area contributed by atoms with Crippen molar-refractivity contribution in [2.24, 2.45) is 0 Å². The number of ether oxygens (including phenoxy) is 2. The van der Waals surface area contributed by atoms with Gasteiger partial charge in [0, 0.05) is 45.3 Å². The summed E-state index contributed by atoms with van der Waals surface area (Å²) in [6, 6.07) is 1.75. The summed E-state index contributed by atoms with van der Waals surface area (Å²) in [5, 5.41) is 3.67. The molecule has 1 aromatic rings. The zero-order valence-electron chi connectivity index (χ0n) is 15.5. The highest BCUT2D eigenvalue weighted by Crippen LogP contribution is 2.23. The van der Waals surface area contributed by atoms with E-state index in [0.717, 1.165) is 12.4 Å². The fourth-order valence-corrected chi connectivity index (χ4v) is 3.09. The van der Waals surface area contributed by atoms with Crippen molar-refractivity contribution in [3.63, 3.8) is 0 Å². The molecule has 9 heteroatoms. The molecule has 0 aliphatic carbocycles. The molecule has 0 bridgehead atoms. The predicted octanol–water partition coefficient (Wildman–Crippen LogP) is 1.85. The molecule has 3 rings (SSSR count). The molecule has 2 aliphatic heterocycles. The average molecular weight is 384 g/mol. The fourth-order valence-electron chi connectivity index (χ4n) is 2.90. The topological polar surface area (TPSA) is 79.8 Å². The van der Waals surface area contributed by atoms with E-state index >= 15 is 0 Å². The molecule has 1 aromatic heterocycles. The monoisotopic (exact) mass is 383 g/mol. The van der Waals surface area contributed by atoms with Crippen molar-refractivity contribution in [2.75, 3.05) is 50.8 Å². The van der Waals surface area contributed by atoms with Gasteiger partial charge in [-0.2, -0.15) is 0 Å². The van der Waals surface area contributed by atoms with E-state index in [0.29, 0.717) is 50.3 Å². The molecule has 0 aromatic carbocycles. The molecule has 8 nitrogen and oxygen atoms in total. The van der Waals surface area contributed by atoms with Gasteiger partial charge in [-0.1, -0.05) is 11.6 Å². The van der Waals surface area contributed by atoms with E-state index in [9.17, 15) is 4.79 Å². The van der Waals surface area contributed by atoms with Crippen molar-refractivity contribution >= 4 is 23.5 Å². The molecule has 0 saturated carbocycles. The Morgan fingerprint density at radius 1 is 1.31 bits per heavy atom. The van der Waals surface area contributed by atoms with E-state index in [-0.39, 0.29) is 12.2 Å². The summed E-state index contributed by atoms with van der Waals surface area (Å²) in [6.45, 7) is 10.2. The van der Waals surface area contributed by atoms with Crippen LogP contribution in [0.2, 0.25) is 5.15 Å². The summed E-state index contributed by atoms with van der Waals surface area (Å²) in [5.74, 6) is 1.35. The molecule has 2 fully saturated rings. The number of carbonyl (C=O) groups excluding carboxylic acids is 1. The van der Waals surface area contributed by atoms with Crippen molar-refractivity contribution in [3.8, 4) is 0 Å². The van der Waals surface area contributed by atoms with Crippen LogP contribution in [0.1, 0.15) is 32.7 Å². The largest absolute Gasteiger partial charge is 0.444 e. The number of morpholine rings is 1. The number of amides is 1. The van der Waals surface area contributed by atoms with E-state index in [2.05, 4.69) is 20.2 Å². The summed E-state index contributed by atoms with van der Waals surface area (Å²) < 4.78 is 11.2. The van der Waals surface area contributed by atoms with Gasteiger partial charge >= 0.3 is 6.09 Å². The molecule has 1 unspecified atom stereocenters. The lowest BCUT2D eigenvalue weighted by Crippen LogP contribution is -2.50. The van der Waals surface area contributed by atoms with Crippen LogP contribution in [0, 0.1) is 0 Å². The highest BCUT2D eigenvalue weighted by Gasteiger charge is 2.27. The zero-order valence-corrected chi connectivity index (χ0v) is 16.3. The highest BCUT2D eigenvalue weighted by molar-refractivity contribution is 6.29. The van der Waals surface area contributed by atoms with Gasteiger partial charge in [0.15, 0.2) is 5.82 Å². The minimum atomic E-state index is -0.489. The van der Waals surface area contributed by atoms with Gasteiger partial charge in [0.05, 0.1) is 6.61 Å². The van der Waals surface area contributed by atoms with Gasteiger partial charge in [0.2, 0.25) is 0 Å². The standard InChI is InChI=1S/C17H26ClN5O3/c1-17(2,3)26-16(24)23-7-5-22(6-8-23)14-10-13(18)20-15(21-14)12-11-19-4-9-25-12/h10,12,19H,4-9,11H2,1-3H3. The number of piperazine rings is 1. The molecule has 2 saturated heterocycles. The smallest absolute Gasteiger partial charge is 0.410 e. The first-order chi connectivity index (χ1) is 12.3. The molecule has 144 valence electrons. The molecule has 1 amide bonds. The first kappa shape index (κ1) is 19.1. The second-order valence-electron chi connectivity index (χ2n) is 7.43. The number of anilines is 1. The van der Waals surface area contributed by atoms with Crippen LogP contribution < -0.4 is 10.2 Å². The van der Waals surface area contributed by atoms with Crippen LogP contribution in [0.15, 0.2) is 6.07 Å². The van der Waals surface area contributed by atoms with Gasteiger partial charge in [0.1, 0.15) is 22.7 Å². The number of nitrogens with one attached hydrogen (secondary N) is 1. The lowest BCUT2D eigenvalue weighted by atomic mass is 10.2. The van der Waals surface area contributed by atoms with Crippen molar-refractivity contribution in [1.82, 2.24) is 20.2 Å². The zero-order chi connectivity index (χ0) is 18.7. The van der Waals surface area contributed by atoms with E-state index < -0.39 is 5.60 Å². The molecular weight excluding hydrogens is 358 g/mol. The fraction of sp³-hybridized carbons (Fsp3) is 0.706. The van der Waals surface area contributed by atoms with E-state index in [1.165, 1.54) is 0 Å². The Kier molecular flexibility index (Phi) is 5.84. The van der Waals surface area contributed by atoms with Crippen molar-refractivity contribution in [1.29, 1.82) is 0 Å². The van der Waals surface area contributed by atoms with Crippen LogP contribution in [-0.4, -0.2) is 72.4 Å². The van der Waals surface area contributed by atoms with Gasteiger partial charge in [-0.3, -0.25) is 0 Å². The number of hydrogen-bond donors (Lipinski definition) is 1. The number of rotatable bonds is 2. The third-order valence-electron chi connectivity index (χ3n) is 4.17. The van der Waals surface area contributed by atoms with Gasteiger partial charge in [-0.05, 0) is 20.8 Å². The number of nitrogens with zero attached hydrogens (tertiary/aromatic N) is 4. The molecule has 3 heterocycles. The Bertz CT molecular complexity index is 638. The molecule has 0 radical (unpaired) electrons. The first-order valence-electron chi connectivity index (χ1n) is 8.91. The molecule has 1 atom stereocenters. The van der Waals surface area contributed by atoms with Crippen molar-refractivity contribution < 1.29 is 14.3 Å². The van der Waals surface area contributed by atoms with E-state index in [1.807, 2.05) is 20.8 Å². The van der Waals surface area contributed by atoms with Crippen molar-refractivity contribution in [3.05, 3.63) is 17.0 Å². The van der Waals surface area contributed by atoms with Gasteiger partial charge in [-0.25, -0.2) is 14.8 Å². The number of aromatic nitrogens is 2. The average Bonchev–Trinajstić information content (AvgIpc) is 2.61. The molecule has 1 N–H and O–H groups in total. The first-order valence-corrected chi connectivity index (χ1v) is 9.29. The Balaban J connectivity index is 1.64. The van der Waals surface area contributed by atoms with E-state index in [1.54, 1.807) is 11.0 Å². The molecule has 26 heavy (non-hydrogen) atoms. The van der Waals surface area contributed by atoms with Crippen LogP contribution in [0.4, 0.5) is 10.6 Å². The maximum atomic E-state index is 12.2. The van der Waals surface area contributed by atoms with Gasteiger partial charge in [-0.15, -0.1) is 0 Å². The Morgan fingerprint density at radius 3 is 2.65 bits per heavy atom. The Hall–Kier alpha value is -1.64. The number of hydrogen-bond acceptors (Lipinski definition) is 7. The molecular formula is C17H26ClN5O3. The van der Waals surface area contributed by atoms with Crippen LogP contribution in [0.25, 0.3) is 0 Å². The maximum absolute atomic E-state index is 12.2. The summed E-state index contributed by atoms with van der Waals surface area (Å²) in [4.78, 5) is 25.0. The van der Waals surface area contributed by atoms with Crippen LogP contribution >= 0.6 is 11.6 Å². The summed E-state index contributed by atoms with van der Waals surface area (Å²) in [5.41, 5.74) is -0.489. The second-order valence-corrected chi connectivity index (χ2v) is 7.81. The number of carbonyl (C=O) groups is 1. The summed E-state index contributed by atoms with van der Waals surface area (Å²) in [6.07, 6.45) is -0.468. The molecule has 0 spiro atoms. The third kappa shape index (κ3) is 4.96. The second kappa shape index (κ2) is 7.94. The number of halogens is 1. The Labute approximate surface area is 158 Å². The molecule has 2 aliphatic rings. The SMILES string of the molecule is CC(C)(C)OC(=O)N1CCN(c2cc(Cl)nc(C3CNCCO3)n2)CC1. The van der Waals surface area contributed by atoms with Gasteiger partial charge < -0.3 is 24.6 Å². The lowest BCUT2D eigenvalue weighted by molar-refractivity contribution is 0.0220. The van der Waals surface area contributed by atoms with Crippen molar-refractivity contribution in [2.45, 2.75) is 32.5 Å². The highest BCUT2D eigenvalue weighted by atomic mass is 35.5. The predicted molar refractivity (Wildman–Crippen MR) is 98.6 cm³/mol. The minimum Gasteiger partial charge on any atom is -0.444 e. The minimum absolute atomic E-state index is 0.191. The third-order valence-corrected chi connectivity index (χ3v) is 4.36. The summed E-state index contributed by atoms with van der Waals surface area (Å²) in [7, 11) is 0. The summed E-state index contributed by atoms with van der Waals surface area (Å²) >= 11 is 6.20. The quantitative estimate of drug-likeness (QED) is 0.780. The van der Waals surface area contributed by atoms with Gasteiger partial charge in [0.25, 0.3) is 0 Å². The lowest BCUT2D eigenvalue weighted by Gasteiger charge is -2.36.